The topological polar surface area (TPSA) is 4.93 Å². The molecule has 0 spiro atoms. The first-order chi connectivity index (χ1) is 9.72. The Labute approximate surface area is 120 Å². The van der Waals surface area contributed by atoms with Crippen LogP contribution in [0.5, 0.6) is 0 Å². The summed E-state index contributed by atoms with van der Waals surface area (Å²) in [6, 6.07) is 17.3. The van der Waals surface area contributed by atoms with Crippen molar-refractivity contribution in [3.63, 3.8) is 0 Å². The van der Waals surface area contributed by atoms with Crippen molar-refractivity contribution >= 4 is 10.9 Å². The van der Waals surface area contributed by atoms with Crippen molar-refractivity contribution in [1.82, 2.24) is 4.57 Å². The summed E-state index contributed by atoms with van der Waals surface area (Å²) in [5.74, 6) is 0. The summed E-state index contributed by atoms with van der Waals surface area (Å²) in [7, 11) is 2.15. The Bertz CT molecular complexity index is 763. The van der Waals surface area contributed by atoms with Crippen LogP contribution in [0.2, 0.25) is 0 Å². The zero-order chi connectivity index (χ0) is 14.1. The van der Waals surface area contributed by atoms with E-state index in [0.717, 1.165) is 6.42 Å². The molecule has 1 heteroatoms. The molecule has 0 fully saturated rings. The highest BCUT2D eigenvalue weighted by molar-refractivity contribution is 5.92. The molecule has 0 N–H and O–H groups in total. The van der Waals surface area contributed by atoms with E-state index in [2.05, 4.69) is 73.6 Å². The number of aromatic nitrogens is 1. The van der Waals surface area contributed by atoms with E-state index in [1.165, 1.54) is 33.3 Å². The van der Waals surface area contributed by atoms with E-state index in [1.54, 1.807) is 0 Å². The van der Waals surface area contributed by atoms with Crippen molar-refractivity contribution < 1.29 is 0 Å². The van der Waals surface area contributed by atoms with Crippen molar-refractivity contribution in [2.45, 2.75) is 13.3 Å². The third-order valence-electron chi connectivity index (χ3n) is 3.86. The Morgan fingerprint density at radius 2 is 1.85 bits per heavy atom. The number of benzene rings is 2. The average Bonchev–Trinajstić information content (AvgIpc) is 2.73. The quantitative estimate of drug-likeness (QED) is 0.592. The molecule has 0 radical (unpaired) electrons. The van der Waals surface area contributed by atoms with Gasteiger partial charge < -0.3 is 4.57 Å². The number of allylic oxidation sites excluding steroid dienone is 1. The lowest BCUT2D eigenvalue weighted by molar-refractivity contribution is 0.970. The van der Waals surface area contributed by atoms with Gasteiger partial charge in [0, 0.05) is 18.0 Å². The third kappa shape index (κ3) is 1.96. The smallest absolute Gasteiger partial charge is 0.0524 e. The molecule has 0 unspecified atom stereocenters. The van der Waals surface area contributed by atoms with E-state index >= 15 is 0 Å². The molecule has 0 aliphatic heterocycles. The fourth-order valence-electron chi connectivity index (χ4n) is 2.95. The van der Waals surface area contributed by atoms with E-state index in [9.17, 15) is 0 Å². The van der Waals surface area contributed by atoms with Crippen LogP contribution in [0.1, 0.15) is 11.1 Å². The van der Waals surface area contributed by atoms with E-state index in [-0.39, 0.29) is 0 Å². The molecule has 0 saturated heterocycles. The summed E-state index contributed by atoms with van der Waals surface area (Å²) in [4.78, 5) is 0. The fourth-order valence-corrected chi connectivity index (χ4v) is 2.95. The van der Waals surface area contributed by atoms with E-state index in [1.807, 2.05) is 6.08 Å². The maximum atomic E-state index is 3.92. The minimum atomic E-state index is 0.894. The molecular weight excluding hydrogens is 242 g/mol. The van der Waals surface area contributed by atoms with E-state index < -0.39 is 0 Å². The van der Waals surface area contributed by atoms with Crippen LogP contribution in [0.25, 0.3) is 22.2 Å². The van der Waals surface area contributed by atoms with Gasteiger partial charge in [0.2, 0.25) is 0 Å². The van der Waals surface area contributed by atoms with Gasteiger partial charge in [-0.2, -0.15) is 0 Å². The third-order valence-corrected chi connectivity index (χ3v) is 3.86. The molecule has 100 valence electrons. The van der Waals surface area contributed by atoms with Crippen LogP contribution < -0.4 is 0 Å². The highest BCUT2D eigenvalue weighted by Crippen LogP contribution is 2.34. The maximum Gasteiger partial charge on any atom is 0.0524 e. The Hall–Kier alpha value is -2.28. The van der Waals surface area contributed by atoms with Gasteiger partial charge in [-0.15, -0.1) is 6.58 Å². The molecule has 1 heterocycles. The summed E-state index contributed by atoms with van der Waals surface area (Å²) in [5, 5.41) is 1.34. The highest BCUT2D eigenvalue weighted by atomic mass is 14.9. The SMILES string of the molecule is C=CCc1c(-c2ccccc2)n(C)c2ccc(C)cc12. The minimum absolute atomic E-state index is 0.894. The summed E-state index contributed by atoms with van der Waals surface area (Å²) >= 11 is 0. The Balaban J connectivity index is 2.38. The van der Waals surface area contributed by atoms with Crippen LogP contribution in [-0.2, 0) is 13.5 Å². The largest absolute Gasteiger partial charge is 0.343 e. The number of fused-ring (bicyclic) bond motifs is 1. The lowest BCUT2D eigenvalue weighted by atomic mass is 10.0. The van der Waals surface area contributed by atoms with Crippen molar-refractivity contribution in [1.29, 1.82) is 0 Å². The number of hydrogen-bond donors (Lipinski definition) is 0. The van der Waals surface area contributed by atoms with Crippen LogP contribution in [-0.4, -0.2) is 4.57 Å². The monoisotopic (exact) mass is 261 g/mol. The second-order valence-corrected chi connectivity index (χ2v) is 5.27. The standard InChI is InChI=1S/C19H19N/c1-4-8-16-17-13-14(2)11-12-18(17)20(3)19(16)15-9-6-5-7-10-15/h4-7,9-13H,1,8H2,2-3H3. The van der Waals surface area contributed by atoms with Gasteiger partial charge in [0.05, 0.1) is 5.69 Å². The van der Waals surface area contributed by atoms with E-state index in [0.29, 0.717) is 0 Å². The predicted octanol–water partition coefficient (Wildman–Crippen LogP) is 4.88. The zero-order valence-electron chi connectivity index (χ0n) is 12.1. The van der Waals surface area contributed by atoms with Crippen LogP contribution in [0.3, 0.4) is 0 Å². The van der Waals surface area contributed by atoms with Crippen LogP contribution in [0.15, 0.2) is 61.2 Å². The molecular formula is C19H19N. The van der Waals surface area contributed by atoms with Gasteiger partial charge in [0.15, 0.2) is 0 Å². The zero-order valence-corrected chi connectivity index (χ0v) is 12.1. The number of rotatable bonds is 3. The molecule has 20 heavy (non-hydrogen) atoms. The molecule has 0 aliphatic carbocycles. The van der Waals surface area contributed by atoms with Gasteiger partial charge in [-0.25, -0.2) is 0 Å². The summed E-state index contributed by atoms with van der Waals surface area (Å²) in [6.07, 6.45) is 2.88. The first kappa shape index (κ1) is 12.7. The normalized spacial score (nSPS) is 10.9. The molecule has 0 saturated carbocycles. The molecule has 3 rings (SSSR count). The van der Waals surface area contributed by atoms with Gasteiger partial charge in [0.1, 0.15) is 0 Å². The van der Waals surface area contributed by atoms with Gasteiger partial charge in [-0.05, 0) is 36.6 Å². The summed E-state index contributed by atoms with van der Waals surface area (Å²) in [6.45, 7) is 6.07. The number of aryl methyl sites for hydroxylation is 2. The summed E-state index contributed by atoms with van der Waals surface area (Å²) < 4.78 is 2.29. The lowest BCUT2D eigenvalue weighted by Crippen LogP contribution is -1.93. The Kier molecular flexibility index (Phi) is 3.19. The molecule has 0 amide bonds. The molecule has 0 bridgehead atoms. The van der Waals surface area contributed by atoms with E-state index in [4.69, 9.17) is 0 Å². The average molecular weight is 261 g/mol. The van der Waals surface area contributed by atoms with Gasteiger partial charge in [0.25, 0.3) is 0 Å². The summed E-state index contributed by atoms with van der Waals surface area (Å²) in [5.41, 5.74) is 6.51. The van der Waals surface area contributed by atoms with Gasteiger partial charge in [-0.3, -0.25) is 0 Å². The molecule has 0 atom stereocenters. The molecule has 1 aromatic heterocycles. The Morgan fingerprint density at radius 3 is 2.55 bits per heavy atom. The van der Waals surface area contributed by atoms with Crippen molar-refractivity contribution in [2.75, 3.05) is 0 Å². The second kappa shape index (κ2) is 5.01. The molecule has 3 aromatic rings. The second-order valence-electron chi connectivity index (χ2n) is 5.27. The number of hydrogen-bond acceptors (Lipinski definition) is 0. The van der Waals surface area contributed by atoms with Crippen molar-refractivity contribution in [3.05, 3.63) is 72.3 Å². The minimum Gasteiger partial charge on any atom is -0.343 e. The number of nitrogens with zero attached hydrogens (tertiary/aromatic N) is 1. The predicted molar refractivity (Wildman–Crippen MR) is 87.0 cm³/mol. The van der Waals surface area contributed by atoms with Crippen LogP contribution in [0.4, 0.5) is 0 Å². The molecule has 2 aromatic carbocycles. The van der Waals surface area contributed by atoms with Crippen molar-refractivity contribution in [2.24, 2.45) is 7.05 Å². The first-order valence-electron chi connectivity index (χ1n) is 6.96. The Morgan fingerprint density at radius 1 is 1.10 bits per heavy atom. The van der Waals surface area contributed by atoms with Gasteiger partial charge >= 0.3 is 0 Å². The van der Waals surface area contributed by atoms with Crippen molar-refractivity contribution in [3.8, 4) is 11.3 Å². The first-order valence-corrected chi connectivity index (χ1v) is 6.96. The molecule has 0 aliphatic rings. The maximum absolute atomic E-state index is 3.92. The highest BCUT2D eigenvalue weighted by Gasteiger charge is 2.15. The van der Waals surface area contributed by atoms with Gasteiger partial charge in [-0.1, -0.05) is 48.0 Å². The molecule has 1 nitrogen and oxygen atoms in total. The lowest BCUT2D eigenvalue weighted by Gasteiger charge is -2.07. The van der Waals surface area contributed by atoms with Crippen LogP contribution >= 0.6 is 0 Å². The fraction of sp³-hybridized carbons (Fsp3) is 0.158. The van der Waals surface area contributed by atoms with Crippen LogP contribution in [0, 0.1) is 6.92 Å².